The Bertz CT molecular complexity index is 1440. The molecule has 0 radical (unpaired) electrons. The second-order valence-electron chi connectivity index (χ2n) is 8.74. The maximum Gasteiger partial charge on any atom is 0.243 e. The van der Waals surface area contributed by atoms with Crippen LogP contribution >= 0.6 is 11.3 Å². The molecule has 3 aromatic carbocycles. The second-order valence-corrected chi connectivity index (χ2v) is 11.5. The molecule has 1 aliphatic heterocycles. The molecule has 1 fully saturated rings. The number of nitrogens with zero attached hydrogens (tertiary/aromatic N) is 3. The Kier molecular flexibility index (Phi) is 7.93. The summed E-state index contributed by atoms with van der Waals surface area (Å²) in [5.41, 5.74) is 5.48. The van der Waals surface area contributed by atoms with E-state index in [0.29, 0.717) is 23.1 Å². The van der Waals surface area contributed by atoms with Gasteiger partial charge in [0.1, 0.15) is 11.5 Å². The topological polar surface area (TPSA) is 83.9 Å². The Labute approximate surface area is 221 Å². The molecule has 1 saturated heterocycles. The molecule has 1 N–H and O–H groups in total. The molecule has 2 heterocycles. The van der Waals surface area contributed by atoms with Gasteiger partial charge in [-0.2, -0.15) is 9.41 Å². The molecule has 4 aromatic rings. The Morgan fingerprint density at radius 1 is 0.892 bits per heavy atom. The summed E-state index contributed by atoms with van der Waals surface area (Å²) in [5.74, 6) is 1.51. The summed E-state index contributed by atoms with van der Waals surface area (Å²) in [6.45, 7) is 1.19. The largest absolute Gasteiger partial charge is 0.457 e. The number of nitrogens with one attached hydrogen (secondary N) is 1. The van der Waals surface area contributed by atoms with E-state index in [2.05, 4.69) is 15.5 Å². The normalized spacial score (nSPS) is 14.9. The summed E-state index contributed by atoms with van der Waals surface area (Å²) in [4.78, 5) is 4.92. The van der Waals surface area contributed by atoms with Gasteiger partial charge in [-0.3, -0.25) is 5.43 Å². The Morgan fingerprint density at radius 3 is 2.38 bits per heavy atom. The molecule has 0 spiro atoms. The SMILES string of the molecule is O=S(=O)(c1ccc(-c2csc(N/N=C/c3cccc(Oc4ccccc4)c3)n2)cc1)N1CCCCCC1. The van der Waals surface area contributed by atoms with Crippen LogP contribution in [0.5, 0.6) is 11.5 Å². The molecular formula is C28H28N4O3S2. The fourth-order valence-electron chi connectivity index (χ4n) is 4.13. The minimum atomic E-state index is -3.46. The van der Waals surface area contributed by atoms with Gasteiger partial charge in [-0.1, -0.05) is 55.3 Å². The highest BCUT2D eigenvalue weighted by Crippen LogP contribution is 2.27. The van der Waals surface area contributed by atoms with Crippen molar-refractivity contribution in [3.05, 3.63) is 89.8 Å². The molecule has 37 heavy (non-hydrogen) atoms. The summed E-state index contributed by atoms with van der Waals surface area (Å²) in [6, 6.07) is 24.3. The highest BCUT2D eigenvalue weighted by Gasteiger charge is 2.25. The van der Waals surface area contributed by atoms with Gasteiger partial charge >= 0.3 is 0 Å². The first-order valence-electron chi connectivity index (χ1n) is 12.3. The van der Waals surface area contributed by atoms with E-state index in [4.69, 9.17) is 4.74 Å². The van der Waals surface area contributed by atoms with Crippen LogP contribution in [0.4, 0.5) is 5.13 Å². The summed E-state index contributed by atoms with van der Waals surface area (Å²) in [6.07, 6.45) is 5.72. The molecule has 1 aliphatic rings. The molecular weight excluding hydrogens is 504 g/mol. The number of benzene rings is 3. The quantitative estimate of drug-likeness (QED) is 0.204. The first-order chi connectivity index (χ1) is 18.1. The van der Waals surface area contributed by atoms with E-state index in [1.165, 1.54) is 11.3 Å². The van der Waals surface area contributed by atoms with Gasteiger partial charge in [0.2, 0.25) is 15.2 Å². The molecule has 0 aliphatic carbocycles. The van der Waals surface area contributed by atoms with E-state index >= 15 is 0 Å². The predicted molar refractivity (Wildman–Crippen MR) is 149 cm³/mol. The fraction of sp³-hybridized carbons (Fsp3) is 0.214. The van der Waals surface area contributed by atoms with Gasteiger partial charge < -0.3 is 4.74 Å². The Balaban J connectivity index is 1.21. The van der Waals surface area contributed by atoms with Crippen LogP contribution in [0.1, 0.15) is 31.2 Å². The lowest BCUT2D eigenvalue weighted by molar-refractivity contribution is 0.424. The van der Waals surface area contributed by atoms with E-state index in [-0.39, 0.29) is 0 Å². The van der Waals surface area contributed by atoms with Crippen molar-refractivity contribution in [2.24, 2.45) is 5.10 Å². The number of ether oxygens (including phenoxy) is 1. The first kappa shape index (κ1) is 25.1. The van der Waals surface area contributed by atoms with E-state index in [9.17, 15) is 8.42 Å². The monoisotopic (exact) mass is 532 g/mol. The third-order valence-corrected chi connectivity index (χ3v) is 8.73. The zero-order valence-electron chi connectivity index (χ0n) is 20.3. The number of hydrazone groups is 1. The summed E-state index contributed by atoms with van der Waals surface area (Å²) in [5, 5.41) is 6.87. The molecule has 0 amide bonds. The molecule has 190 valence electrons. The Morgan fingerprint density at radius 2 is 1.62 bits per heavy atom. The average Bonchev–Trinajstić information content (AvgIpc) is 3.21. The number of hydrogen-bond acceptors (Lipinski definition) is 7. The highest BCUT2D eigenvalue weighted by molar-refractivity contribution is 7.89. The van der Waals surface area contributed by atoms with Crippen LogP contribution in [-0.2, 0) is 10.0 Å². The summed E-state index contributed by atoms with van der Waals surface area (Å²) < 4.78 is 33.5. The van der Waals surface area contributed by atoms with Gasteiger partial charge in [0, 0.05) is 24.0 Å². The van der Waals surface area contributed by atoms with Crippen LogP contribution in [0.15, 0.2) is 94.2 Å². The number of hydrogen-bond donors (Lipinski definition) is 1. The lowest BCUT2D eigenvalue weighted by Crippen LogP contribution is -2.31. The maximum atomic E-state index is 13.0. The maximum absolute atomic E-state index is 13.0. The van der Waals surface area contributed by atoms with Crippen molar-refractivity contribution >= 4 is 32.7 Å². The van der Waals surface area contributed by atoms with Crippen LogP contribution in [0, 0.1) is 0 Å². The van der Waals surface area contributed by atoms with Gasteiger partial charge in [0.15, 0.2) is 0 Å². The van der Waals surface area contributed by atoms with E-state index in [1.807, 2.05) is 72.1 Å². The molecule has 5 rings (SSSR count). The number of para-hydroxylation sites is 1. The molecule has 9 heteroatoms. The third-order valence-electron chi connectivity index (χ3n) is 6.07. The van der Waals surface area contributed by atoms with Crippen LogP contribution in [0.3, 0.4) is 0 Å². The van der Waals surface area contributed by atoms with Crippen molar-refractivity contribution < 1.29 is 13.2 Å². The number of thiazole rings is 1. The summed E-state index contributed by atoms with van der Waals surface area (Å²) in [7, 11) is -3.46. The smallest absolute Gasteiger partial charge is 0.243 e. The van der Waals surface area contributed by atoms with Crippen LogP contribution < -0.4 is 10.2 Å². The zero-order chi connectivity index (χ0) is 25.5. The van der Waals surface area contributed by atoms with Gasteiger partial charge in [-0.25, -0.2) is 13.4 Å². The molecule has 0 bridgehead atoms. The fourth-order valence-corrected chi connectivity index (χ4v) is 6.32. The van der Waals surface area contributed by atoms with Crippen molar-refractivity contribution in [3.63, 3.8) is 0 Å². The van der Waals surface area contributed by atoms with Crippen molar-refractivity contribution in [3.8, 4) is 22.8 Å². The minimum Gasteiger partial charge on any atom is -0.457 e. The van der Waals surface area contributed by atoms with Crippen LogP contribution in [-0.4, -0.2) is 37.0 Å². The van der Waals surface area contributed by atoms with E-state index in [1.54, 1.807) is 22.7 Å². The van der Waals surface area contributed by atoms with Crippen molar-refractivity contribution in [1.82, 2.24) is 9.29 Å². The minimum absolute atomic E-state index is 0.329. The number of sulfonamides is 1. The van der Waals surface area contributed by atoms with Crippen molar-refractivity contribution in [2.75, 3.05) is 18.5 Å². The van der Waals surface area contributed by atoms with Gasteiger partial charge in [-0.15, -0.1) is 11.3 Å². The standard InChI is InChI=1S/C28H28N4O3S2/c33-37(34,32-17-6-1-2-7-18-32)26-15-13-23(14-16-26)27-21-36-28(30-27)31-29-20-22-9-8-12-25(19-22)35-24-10-4-3-5-11-24/h3-5,8-16,19-21H,1-2,6-7,17-18H2,(H,30,31)/b29-20+. The van der Waals surface area contributed by atoms with Gasteiger partial charge in [0.25, 0.3) is 0 Å². The summed E-state index contributed by atoms with van der Waals surface area (Å²) >= 11 is 1.43. The van der Waals surface area contributed by atoms with Crippen molar-refractivity contribution in [2.45, 2.75) is 30.6 Å². The Hall–Kier alpha value is -3.53. The van der Waals surface area contributed by atoms with Crippen LogP contribution in [0.2, 0.25) is 0 Å². The molecule has 1 aromatic heterocycles. The average molecular weight is 533 g/mol. The lowest BCUT2D eigenvalue weighted by atomic mass is 10.2. The molecule has 0 atom stereocenters. The molecule has 7 nitrogen and oxygen atoms in total. The van der Waals surface area contributed by atoms with Crippen molar-refractivity contribution in [1.29, 1.82) is 0 Å². The van der Waals surface area contributed by atoms with E-state index < -0.39 is 10.0 Å². The van der Waals surface area contributed by atoms with Gasteiger partial charge in [0.05, 0.1) is 16.8 Å². The zero-order valence-corrected chi connectivity index (χ0v) is 21.9. The lowest BCUT2D eigenvalue weighted by Gasteiger charge is -2.19. The third kappa shape index (κ3) is 6.43. The number of anilines is 1. The van der Waals surface area contributed by atoms with Gasteiger partial charge in [-0.05, 0) is 54.8 Å². The molecule has 0 saturated carbocycles. The molecule has 0 unspecified atom stereocenters. The number of aromatic nitrogens is 1. The second kappa shape index (κ2) is 11.7. The number of rotatable bonds is 8. The first-order valence-corrected chi connectivity index (χ1v) is 14.6. The van der Waals surface area contributed by atoms with Crippen LogP contribution in [0.25, 0.3) is 11.3 Å². The van der Waals surface area contributed by atoms with E-state index in [0.717, 1.165) is 54.0 Å². The highest BCUT2D eigenvalue weighted by atomic mass is 32.2. The predicted octanol–water partition coefficient (Wildman–Crippen LogP) is 6.61.